The van der Waals surface area contributed by atoms with Gasteiger partial charge in [0.2, 0.25) is 0 Å². The van der Waals surface area contributed by atoms with Crippen molar-refractivity contribution in [1.29, 1.82) is 0 Å². The van der Waals surface area contributed by atoms with Crippen molar-refractivity contribution in [3.05, 3.63) is 87.9 Å². The van der Waals surface area contributed by atoms with Gasteiger partial charge in [0.25, 0.3) is 15.9 Å². The van der Waals surface area contributed by atoms with Crippen molar-refractivity contribution in [1.82, 2.24) is 5.32 Å². The van der Waals surface area contributed by atoms with E-state index in [1.165, 1.54) is 18.2 Å². The van der Waals surface area contributed by atoms with Gasteiger partial charge in [-0.25, -0.2) is 8.42 Å². The van der Waals surface area contributed by atoms with Crippen LogP contribution in [0.3, 0.4) is 0 Å². The summed E-state index contributed by atoms with van der Waals surface area (Å²) in [5, 5.41) is 12.4. The van der Waals surface area contributed by atoms with E-state index < -0.39 is 15.9 Å². The fourth-order valence-corrected chi connectivity index (χ4v) is 4.27. The number of carbonyl (C=O) groups excluding carboxylic acids is 1. The maximum atomic E-state index is 12.8. The quantitative estimate of drug-likeness (QED) is 0.487. The summed E-state index contributed by atoms with van der Waals surface area (Å²) in [5.41, 5.74) is 3.39. The molecule has 0 aliphatic rings. The first kappa shape index (κ1) is 22.7. The van der Waals surface area contributed by atoms with Gasteiger partial charge >= 0.3 is 0 Å². The summed E-state index contributed by atoms with van der Waals surface area (Å²) in [7, 11) is -3.90. The number of halogens is 1. The number of rotatable bonds is 7. The summed E-state index contributed by atoms with van der Waals surface area (Å²) in [4.78, 5) is 12.5. The summed E-state index contributed by atoms with van der Waals surface area (Å²) >= 11 is 6.15. The lowest BCUT2D eigenvalue weighted by atomic mass is 10.1. The monoisotopic (exact) mass is 458 g/mol. The molecule has 1 amide bonds. The molecule has 0 heterocycles. The molecular weight excluding hydrogens is 436 g/mol. The molecule has 3 aromatic rings. The zero-order chi connectivity index (χ0) is 22.6. The zero-order valence-electron chi connectivity index (χ0n) is 17.1. The number of hydrogen-bond acceptors (Lipinski definition) is 4. The van der Waals surface area contributed by atoms with Crippen LogP contribution in [0.4, 0.5) is 5.69 Å². The van der Waals surface area contributed by atoms with E-state index in [1.807, 2.05) is 26.0 Å². The molecule has 0 aromatic heterocycles. The van der Waals surface area contributed by atoms with Crippen molar-refractivity contribution in [3.63, 3.8) is 0 Å². The molecule has 0 saturated carbocycles. The van der Waals surface area contributed by atoms with Crippen LogP contribution in [0.5, 0.6) is 5.75 Å². The number of aromatic hydroxyl groups is 1. The van der Waals surface area contributed by atoms with Gasteiger partial charge in [-0.05, 0) is 79.4 Å². The van der Waals surface area contributed by atoms with Gasteiger partial charge in [-0.3, -0.25) is 9.52 Å². The van der Waals surface area contributed by atoms with Crippen molar-refractivity contribution >= 4 is 33.2 Å². The third-order valence-electron chi connectivity index (χ3n) is 4.86. The zero-order valence-corrected chi connectivity index (χ0v) is 18.7. The Morgan fingerprint density at radius 3 is 2.48 bits per heavy atom. The average Bonchev–Trinajstić information content (AvgIpc) is 2.70. The van der Waals surface area contributed by atoms with Crippen LogP contribution in [0.15, 0.2) is 65.6 Å². The Kier molecular flexibility index (Phi) is 6.87. The highest BCUT2D eigenvalue weighted by Gasteiger charge is 2.19. The van der Waals surface area contributed by atoms with Gasteiger partial charge in [0.1, 0.15) is 5.75 Å². The lowest BCUT2D eigenvalue weighted by molar-refractivity contribution is 0.0954. The molecule has 6 nitrogen and oxygen atoms in total. The second kappa shape index (κ2) is 9.41. The number of phenols is 1. The predicted molar refractivity (Wildman–Crippen MR) is 122 cm³/mol. The molecule has 0 saturated heterocycles. The SMILES string of the molecule is Cc1ccc(NS(=O)(=O)c2ccc(Cl)c(C(=O)NCCc3cccc(O)c3)c2)cc1C. The van der Waals surface area contributed by atoms with Crippen molar-refractivity contribution in [2.75, 3.05) is 11.3 Å². The highest BCUT2D eigenvalue weighted by Crippen LogP contribution is 2.23. The number of aryl methyl sites for hydroxylation is 2. The Hall–Kier alpha value is -3.03. The number of nitrogens with one attached hydrogen (secondary N) is 2. The number of anilines is 1. The fourth-order valence-electron chi connectivity index (χ4n) is 2.99. The highest BCUT2D eigenvalue weighted by molar-refractivity contribution is 7.92. The standard InChI is InChI=1S/C23H23ClN2O4S/c1-15-6-7-18(12-16(15)2)26-31(29,30)20-8-9-22(24)21(14-20)23(28)25-11-10-17-4-3-5-19(27)13-17/h3-9,12-14,26-27H,10-11H2,1-2H3,(H,25,28). The van der Waals surface area contributed by atoms with Crippen LogP contribution < -0.4 is 10.0 Å². The van der Waals surface area contributed by atoms with Crippen LogP contribution in [-0.4, -0.2) is 26.0 Å². The molecule has 162 valence electrons. The summed E-state index contributed by atoms with van der Waals surface area (Å²) in [6.45, 7) is 4.14. The van der Waals surface area contributed by atoms with Gasteiger partial charge in [-0.2, -0.15) is 0 Å². The van der Waals surface area contributed by atoms with Crippen LogP contribution in [0.2, 0.25) is 5.02 Å². The Morgan fingerprint density at radius 2 is 1.77 bits per heavy atom. The molecule has 0 aliphatic heterocycles. The first-order valence-corrected chi connectivity index (χ1v) is 11.5. The minimum absolute atomic E-state index is 0.0618. The molecule has 0 unspecified atom stereocenters. The van der Waals surface area contributed by atoms with Crippen molar-refractivity contribution < 1.29 is 18.3 Å². The van der Waals surface area contributed by atoms with Crippen LogP contribution in [-0.2, 0) is 16.4 Å². The van der Waals surface area contributed by atoms with Crippen LogP contribution in [0.1, 0.15) is 27.0 Å². The fraction of sp³-hybridized carbons (Fsp3) is 0.174. The van der Waals surface area contributed by atoms with E-state index in [2.05, 4.69) is 10.0 Å². The van der Waals surface area contributed by atoms with Crippen LogP contribution >= 0.6 is 11.6 Å². The molecule has 0 spiro atoms. The Labute approximate surface area is 186 Å². The second-order valence-electron chi connectivity index (χ2n) is 7.22. The average molecular weight is 459 g/mol. The van der Waals surface area contributed by atoms with Crippen molar-refractivity contribution in [2.24, 2.45) is 0 Å². The molecule has 0 radical (unpaired) electrons. The van der Waals surface area contributed by atoms with E-state index >= 15 is 0 Å². The Morgan fingerprint density at radius 1 is 1.00 bits per heavy atom. The largest absolute Gasteiger partial charge is 0.508 e. The Balaban J connectivity index is 1.73. The lowest BCUT2D eigenvalue weighted by Gasteiger charge is -2.12. The maximum Gasteiger partial charge on any atom is 0.261 e. The topological polar surface area (TPSA) is 95.5 Å². The van der Waals surface area contributed by atoms with Crippen LogP contribution in [0.25, 0.3) is 0 Å². The molecule has 0 atom stereocenters. The van der Waals surface area contributed by atoms with Gasteiger partial charge in [0.05, 0.1) is 15.5 Å². The van der Waals surface area contributed by atoms with Gasteiger partial charge in [-0.1, -0.05) is 29.8 Å². The summed E-state index contributed by atoms with van der Waals surface area (Å²) in [5.74, 6) is -0.325. The van der Waals surface area contributed by atoms with Gasteiger partial charge in [0.15, 0.2) is 0 Å². The molecule has 0 aliphatic carbocycles. The summed E-state index contributed by atoms with van der Waals surface area (Å²) in [6, 6.07) is 16.0. The molecule has 31 heavy (non-hydrogen) atoms. The van der Waals surface area contributed by atoms with Crippen molar-refractivity contribution in [2.45, 2.75) is 25.2 Å². The molecule has 3 rings (SSSR count). The maximum absolute atomic E-state index is 12.8. The number of hydrogen-bond donors (Lipinski definition) is 3. The van der Waals surface area contributed by atoms with Gasteiger partial charge in [0, 0.05) is 12.2 Å². The van der Waals surface area contributed by atoms with E-state index in [0.29, 0.717) is 18.7 Å². The summed E-state index contributed by atoms with van der Waals surface area (Å²) < 4.78 is 28.1. The number of benzene rings is 3. The summed E-state index contributed by atoms with van der Waals surface area (Å²) in [6.07, 6.45) is 0.504. The minimum atomic E-state index is -3.90. The molecule has 8 heteroatoms. The van der Waals surface area contributed by atoms with Gasteiger partial charge in [-0.15, -0.1) is 0 Å². The normalized spacial score (nSPS) is 11.2. The first-order chi connectivity index (χ1) is 14.7. The molecule has 3 N–H and O–H groups in total. The third kappa shape index (κ3) is 5.77. The van der Waals surface area contributed by atoms with E-state index in [4.69, 9.17) is 11.6 Å². The van der Waals surface area contributed by atoms with E-state index in [9.17, 15) is 18.3 Å². The van der Waals surface area contributed by atoms with Crippen molar-refractivity contribution in [3.8, 4) is 5.75 Å². The number of carbonyl (C=O) groups is 1. The molecule has 3 aromatic carbocycles. The van der Waals surface area contributed by atoms with E-state index in [-0.39, 0.29) is 21.2 Å². The Bertz CT molecular complexity index is 1230. The van der Waals surface area contributed by atoms with E-state index in [0.717, 1.165) is 16.7 Å². The van der Waals surface area contributed by atoms with E-state index in [1.54, 1.807) is 30.3 Å². The smallest absolute Gasteiger partial charge is 0.261 e. The number of phenolic OH excluding ortho intramolecular Hbond substituents is 1. The minimum Gasteiger partial charge on any atom is -0.508 e. The number of amides is 1. The molecule has 0 bridgehead atoms. The lowest BCUT2D eigenvalue weighted by Crippen LogP contribution is -2.26. The second-order valence-corrected chi connectivity index (χ2v) is 9.31. The molecule has 0 fully saturated rings. The first-order valence-electron chi connectivity index (χ1n) is 9.61. The molecular formula is C23H23ClN2O4S. The number of sulfonamides is 1. The van der Waals surface area contributed by atoms with Crippen LogP contribution in [0, 0.1) is 13.8 Å². The third-order valence-corrected chi connectivity index (χ3v) is 6.57. The highest BCUT2D eigenvalue weighted by atomic mass is 35.5. The predicted octanol–water partition coefficient (Wildman–Crippen LogP) is 4.44. The van der Waals surface area contributed by atoms with Gasteiger partial charge < -0.3 is 10.4 Å².